The van der Waals surface area contributed by atoms with Gasteiger partial charge in [0.2, 0.25) is 0 Å². The van der Waals surface area contributed by atoms with Crippen LogP contribution in [0.1, 0.15) is 42.9 Å². The van der Waals surface area contributed by atoms with Crippen molar-refractivity contribution in [2.24, 2.45) is 0 Å². The molecule has 1 saturated carbocycles. The molecule has 1 atom stereocenters. The molecule has 1 aliphatic carbocycles. The molecule has 0 aromatic carbocycles. The third-order valence-corrected chi connectivity index (χ3v) is 2.85. The first kappa shape index (κ1) is 9.38. The Kier molecular flexibility index (Phi) is 2.62. The Morgan fingerprint density at radius 2 is 2.21 bits per heavy atom. The number of carbonyl (C=O) groups excluding carboxylic acids is 1. The highest BCUT2D eigenvalue weighted by Crippen LogP contribution is 2.28. The van der Waals surface area contributed by atoms with E-state index in [1.165, 1.54) is 0 Å². The molecule has 0 N–H and O–H groups in total. The van der Waals surface area contributed by atoms with Gasteiger partial charge in [-0.05, 0) is 31.4 Å². The summed E-state index contributed by atoms with van der Waals surface area (Å²) in [4.78, 5) is 16.0. The lowest BCUT2D eigenvalue weighted by molar-refractivity contribution is -0.121. The first-order valence-corrected chi connectivity index (χ1v) is 5.22. The first-order chi connectivity index (χ1) is 6.77. The largest absolute Gasteiger partial charge is 0.299 e. The fraction of sp³-hybridized carbons (Fsp3) is 0.500. The van der Waals surface area contributed by atoms with Gasteiger partial charge in [0.15, 0.2) is 0 Å². The molecule has 0 bridgehead atoms. The average Bonchev–Trinajstić information content (AvgIpc) is 2.20. The predicted octanol–water partition coefficient (Wildman–Crippen LogP) is 2.62. The molecular formula is C12H15NO. The molecule has 1 aromatic rings. The number of rotatable bonds is 1. The summed E-state index contributed by atoms with van der Waals surface area (Å²) in [6.45, 7) is 2.01. The molecule has 1 fully saturated rings. The van der Waals surface area contributed by atoms with E-state index >= 15 is 0 Å². The van der Waals surface area contributed by atoms with E-state index in [0.717, 1.165) is 36.9 Å². The maximum Gasteiger partial charge on any atom is 0.141 e. The van der Waals surface area contributed by atoms with Crippen molar-refractivity contribution in [2.75, 3.05) is 0 Å². The number of hydrogen-bond donors (Lipinski definition) is 0. The Morgan fingerprint density at radius 1 is 1.36 bits per heavy atom. The van der Waals surface area contributed by atoms with Crippen molar-refractivity contribution in [3.8, 4) is 0 Å². The highest BCUT2D eigenvalue weighted by molar-refractivity contribution is 5.85. The molecule has 0 saturated heterocycles. The minimum absolute atomic E-state index is 0.0735. The zero-order valence-electron chi connectivity index (χ0n) is 8.49. The standard InChI is InChI=1S/C12H15NO/c1-9-6-7-11(13-8-9)10-4-2-3-5-12(10)14/h6-8,10H,2-5H2,1H3. The van der Waals surface area contributed by atoms with Crippen LogP contribution in [0.2, 0.25) is 0 Å². The molecule has 0 spiro atoms. The zero-order valence-corrected chi connectivity index (χ0v) is 8.49. The van der Waals surface area contributed by atoms with E-state index in [2.05, 4.69) is 4.98 Å². The molecule has 1 unspecified atom stereocenters. The number of ketones is 1. The highest BCUT2D eigenvalue weighted by Gasteiger charge is 2.24. The van der Waals surface area contributed by atoms with Crippen molar-refractivity contribution >= 4 is 5.78 Å². The van der Waals surface area contributed by atoms with Crippen molar-refractivity contribution < 1.29 is 4.79 Å². The van der Waals surface area contributed by atoms with Gasteiger partial charge in [-0.25, -0.2) is 0 Å². The number of nitrogens with zero attached hydrogens (tertiary/aromatic N) is 1. The van der Waals surface area contributed by atoms with Crippen molar-refractivity contribution in [2.45, 2.75) is 38.5 Å². The van der Waals surface area contributed by atoms with Crippen molar-refractivity contribution in [1.82, 2.24) is 4.98 Å². The Morgan fingerprint density at radius 3 is 2.86 bits per heavy atom. The predicted molar refractivity (Wildman–Crippen MR) is 55.2 cm³/mol. The summed E-state index contributed by atoms with van der Waals surface area (Å²) in [6.07, 6.45) is 5.78. The van der Waals surface area contributed by atoms with Gasteiger partial charge in [0.1, 0.15) is 5.78 Å². The second-order valence-corrected chi connectivity index (χ2v) is 4.03. The summed E-state index contributed by atoms with van der Waals surface area (Å²) in [7, 11) is 0. The van der Waals surface area contributed by atoms with E-state index < -0.39 is 0 Å². The average molecular weight is 189 g/mol. The van der Waals surface area contributed by atoms with Crippen molar-refractivity contribution in [3.05, 3.63) is 29.6 Å². The highest BCUT2D eigenvalue weighted by atomic mass is 16.1. The second-order valence-electron chi connectivity index (χ2n) is 4.03. The van der Waals surface area contributed by atoms with Gasteiger partial charge in [0.05, 0.1) is 11.6 Å². The van der Waals surface area contributed by atoms with Crippen LogP contribution in [-0.4, -0.2) is 10.8 Å². The van der Waals surface area contributed by atoms with E-state index in [1.54, 1.807) is 0 Å². The van der Waals surface area contributed by atoms with Gasteiger partial charge in [-0.15, -0.1) is 0 Å². The van der Waals surface area contributed by atoms with Gasteiger partial charge >= 0.3 is 0 Å². The van der Waals surface area contributed by atoms with Crippen LogP contribution in [0, 0.1) is 6.92 Å². The number of Topliss-reactive ketones (excluding diaryl/α,β-unsaturated/α-hetero) is 1. The Bertz CT molecular complexity index is 329. The van der Waals surface area contributed by atoms with Gasteiger partial charge in [0, 0.05) is 12.6 Å². The first-order valence-electron chi connectivity index (χ1n) is 5.22. The van der Waals surface area contributed by atoms with Gasteiger partial charge in [-0.3, -0.25) is 9.78 Å². The number of aromatic nitrogens is 1. The molecular weight excluding hydrogens is 174 g/mol. The molecule has 0 aliphatic heterocycles. The molecule has 2 heteroatoms. The number of carbonyl (C=O) groups is 1. The molecule has 1 aliphatic rings. The lowest BCUT2D eigenvalue weighted by Gasteiger charge is -2.19. The van der Waals surface area contributed by atoms with Crippen LogP contribution < -0.4 is 0 Å². The minimum Gasteiger partial charge on any atom is -0.299 e. The van der Waals surface area contributed by atoms with Crippen molar-refractivity contribution in [1.29, 1.82) is 0 Å². The number of hydrogen-bond acceptors (Lipinski definition) is 2. The Hall–Kier alpha value is -1.18. The fourth-order valence-corrected chi connectivity index (χ4v) is 1.98. The molecule has 0 radical (unpaired) electrons. The summed E-state index contributed by atoms with van der Waals surface area (Å²) in [5.74, 6) is 0.442. The Balaban J connectivity index is 2.20. The molecule has 14 heavy (non-hydrogen) atoms. The van der Waals surface area contributed by atoms with Gasteiger partial charge in [0.25, 0.3) is 0 Å². The summed E-state index contributed by atoms with van der Waals surface area (Å²) in [5.41, 5.74) is 2.11. The lowest BCUT2D eigenvalue weighted by atomic mass is 9.85. The second kappa shape index (κ2) is 3.91. The monoisotopic (exact) mass is 189 g/mol. The third kappa shape index (κ3) is 1.84. The summed E-state index contributed by atoms with van der Waals surface area (Å²) in [5, 5.41) is 0. The van der Waals surface area contributed by atoms with Crippen LogP contribution in [0.3, 0.4) is 0 Å². The quantitative estimate of drug-likeness (QED) is 0.679. The van der Waals surface area contributed by atoms with E-state index in [9.17, 15) is 4.79 Å². The molecule has 0 amide bonds. The van der Waals surface area contributed by atoms with Crippen LogP contribution in [0.25, 0.3) is 0 Å². The summed E-state index contributed by atoms with van der Waals surface area (Å²) < 4.78 is 0. The van der Waals surface area contributed by atoms with Gasteiger partial charge in [-0.2, -0.15) is 0 Å². The topological polar surface area (TPSA) is 30.0 Å². The maximum absolute atomic E-state index is 11.6. The molecule has 1 heterocycles. The van der Waals surface area contributed by atoms with Crippen LogP contribution >= 0.6 is 0 Å². The van der Waals surface area contributed by atoms with Crippen LogP contribution in [0.15, 0.2) is 18.3 Å². The maximum atomic E-state index is 11.6. The normalized spacial score (nSPS) is 22.4. The molecule has 2 nitrogen and oxygen atoms in total. The van der Waals surface area contributed by atoms with Gasteiger partial charge < -0.3 is 0 Å². The molecule has 1 aromatic heterocycles. The lowest BCUT2D eigenvalue weighted by Crippen LogP contribution is -2.17. The van der Waals surface area contributed by atoms with E-state index in [4.69, 9.17) is 0 Å². The van der Waals surface area contributed by atoms with Crippen LogP contribution in [0.4, 0.5) is 0 Å². The van der Waals surface area contributed by atoms with E-state index in [1.807, 2.05) is 25.3 Å². The fourth-order valence-electron chi connectivity index (χ4n) is 1.98. The number of pyridine rings is 1. The van der Waals surface area contributed by atoms with E-state index in [0.29, 0.717) is 5.78 Å². The van der Waals surface area contributed by atoms with Crippen LogP contribution in [-0.2, 0) is 4.79 Å². The van der Waals surface area contributed by atoms with Gasteiger partial charge in [-0.1, -0.05) is 12.5 Å². The third-order valence-electron chi connectivity index (χ3n) is 2.85. The summed E-state index contributed by atoms with van der Waals surface area (Å²) >= 11 is 0. The molecule has 2 rings (SSSR count). The molecule has 74 valence electrons. The van der Waals surface area contributed by atoms with E-state index in [-0.39, 0.29) is 5.92 Å². The SMILES string of the molecule is Cc1ccc(C2CCCCC2=O)nc1. The van der Waals surface area contributed by atoms with Crippen molar-refractivity contribution in [3.63, 3.8) is 0 Å². The smallest absolute Gasteiger partial charge is 0.141 e. The number of aryl methyl sites for hydroxylation is 1. The Labute approximate surface area is 84.4 Å². The zero-order chi connectivity index (χ0) is 9.97. The van der Waals surface area contributed by atoms with Crippen LogP contribution in [0.5, 0.6) is 0 Å². The minimum atomic E-state index is 0.0735. The summed E-state index contributed by atoms with van der Waals surface area (Å²) in [6, 6.07) is 4.02.